The van der Waals surface area contributed by atoms with Crippen LogP contribution in [0.1, 0.15) is 29.3 Å². The molecule has 0 aliphatic heterocycles. The second-order valence-electron chi connectivity index (χ2n) is 4.40. The van der Waals surface area contributed by atoms with Crippen molar-refractivity contribution in [3.8, 4) is 5.75 Å². The molecule has 19 heavy (non-hydrogen) atoms. The van der Waals surface area contributed by atoms with Crippen LogP contribution in [-0.2, 0) is 4.79 Å². The fourth-order valence-electron chi connectivity index (χ4n) is 1.70. The molecular weight excluding hydrogens is 244 g/mol. The molecule has 5 nitrogen and oxygen atoms in total. The molecule has 0 bridgehead atoms. The van der Waals surface area contributed by atoms with Crippen LogP contribution in [0.5, 0.6) is 5.75 Å². The molecule has 0 spiro atoms. The third-order valence-corrected chi connectivity index (χ3v) is 2.85. The van der Waals surface area contributed by atoms with Gasteiger partial charge >= 0.3 is 0 Å². The van der Waals surface area contributed by atoms with Gasteiger partial charge in [0.1, 0.15) is 5.75 Å². The number of hydrogen-bond acceptors (Lipinski definition) is 3. The minimum atomic E-state index is -0.249. The maximum atomic E-state index is 12.3. The second kappa shape index (κ2) is 6.78. The maximum absolute atomic E-state index is 12.3. The zero-order valence-corrected chi connectivity index (χ0v) is 11.6. The van der Waals surface area contributed by atoms with Gasteiger partial charge in [0.05, 0.1) is 6.54 Å². The van der Waals surface area contributed by atoms with Crippen molar-refractivity contribution in [2.75, 3.05) is 20.1 Å². The normalized spacial score (nSPS) is 10.1. The lowest BCUT2D eigenvalue weighted by Gasteiger charge is -2.21. The molecule has 2 N–H and O–H groups in total. The predicted molar refractivity (Wildman–Crippen MR) is 73.1 cm³/mol. The number of benzene rings is 1. The molecule has 0 saturated carbocycles. The van der Waals surface area contributed by atoms with Gasteiger partial charge in [-0.15, -0.1) is 0 Å². The molecular formula is C14H20N2O3. The molecule has 0 unspecified atom stereocenters. The lowest BCUT2D eigenvalue weighted by molar-refractivity contribution is -0.121. The summed E-state index contributed by atoms with van der Waals surface area (Å²) >= 11 is 0. The highest BCUT2D eigenvalue weighted by Gasteiger charge is 2.18. The van der Waals surface area contributed by atoms with Crippen LogP contribution in [0.3, 0.4) is 0 Å². The fraction of sp³-hybridized carbons (Fsp3) is 0.429. The average molecular weight is 264 g/mol. The first-order chi connectivity index (χ1) is 8.99. The van der Waals surface area contributed by atoms with E-state index in [0.29, 0.717) is 17.7 Å². The average Bonchev–Trinajstić information content (AvgIpc) is 2.40. The summed E-state index contributed by atoms with van der Waals surface area (Å²) in [6.07, 6.45) is 0.764. The van der Waals surface area contributed by atoms with Gasteiger partial charge in [0.15, 0.2) is 0 Å². The van der Waals surface area contributed by atoms with E-state index >= 15 is 0 Å². The van der Waals surface area contributed by atoms with Crippen LogP contribution in [0.25, 0.3) is 0 Å². The summed E-state index contributed by atoms with van der Waals surface area (Å²) in [6, 6.07) is 4.78. The number of hydrogen-bond donors (Lipinski definition) is 2. The number of carbonyl (C=O) groups is 2. The first-order valence-corrected chi connectivity index (χ1v) is 6.29. The van der Waals surface area contributed by atoms with Crippen LogP contribution in [0.15, 0.2) is 18.2 Å². The van der Waals surface area contributed by atoms with Gasteiger partial charge in [0.2, 0.25) is 5.91 Å². The van der Waals surface area contributed by atoms with E-state index in [1.165, 1.54) is 18.0 Å². The molecule has 0 aliphatic rings. The van der Waals surface area contributed by atoms with E-state index in [9.17, 15) is 14.7 Å². The molecule has 1 aromatic carbocycles. The molecule has 5 heteroatoms. The van der Waals surface area contributed by atoms with E-state index in [4.69, 9.17) is 0 Å². The largest absolute Gasteiger partial charge is 0.508 e. The third kappa shape index (κ3) is 3.98. The Morgan fingerprint density at radius 3 is 2.58 bits per heavy atom. The fourth-order valence-corrected chi connectivity index (χ4v) is 1.70. The number of phenolic OH excluding ortho intramolecular Hbond substituents is 1. The maximum Gasteiger partial charge on any atom is 0.254 e. The van der Waals surface area contributed by atoms with E-state index in [2.05, 4.69) is 5.32 Å². The van der Waals surface area contributed by atoms with Crippen LogP contribution >= 0.6 is 0 Å². The van der Waals surface area contributed by atoms with Crippen molar-refractivity contribution in [1.29, 1.82) is 0 Å². The van der Waals surface area contributed by atoms with Crippen molar-refractivity contribution >= 4 is 11.8 Å². The van der Waals surface area contributed by atoms with E-state index in [-0.39, 0.29) is 24.1 Å². The van der Waals surface area contributed by atoms with Crippen molar-refractivity contribution in [3.05, 3.63) is 29.3 Å². The van der Waals surface area contributed by atoms with Crippen LogP contribution < -0.4 is 5.32 Å². The van der Waals surface area contributed by atoms with Crippen molar-refractivity contribution in [1.82, 2.24) is 10.2 Å². The number of rotatable bonds is 5. The summed E-state index contributed by atoms with van der Waals surface area (Å²) in [5.74, 6) is -0.374. The monoisotopic (exact) mass is 264 g/mol. The van der Waals surface area contributed by atoms with Crippen LogP contribution in [0, 0.1) is 6.92 Å². The minimum absolute atomic E-state index is 0.0256. The zero-order valence-electron chi connectivity index (χ0n) is 11.6. The second-order valence-corrected chi connectivity index (χ2v) is 4.40. The first-order valence-electron chi connectivity index (χ1n) is 6.29. The first kappa shape index (κ1) is 15.0. The van der Waals surface area contributed by atoms with E-state index in [1.807, 2.05) is 6.92 Å². The Hall–Kier alpha value is -2.04. The van der Waals surface area contributed by atoms with Gasteiger partial charge in [0, 0.05) is 19.2 Å². The number of nitrogens with one attached hydrogen (secondary N) is 1. The van der Waals surface area contributed by atoms with Gasteiger partial charge in [-0.1, -0.05) is 13.0 Å². The van der Waals surface area contributed by atoms with Crippen molar-refractivity contribution in [3.63, 3.8) is 0 Å². The van der Waals surface area contributed by atoms with Gasteiger partial charge in [-0.25, -0.2) is 0 Å². The van der Waals surface area contributed by atoms with Gasteiger partial charge in [-0.3, -0.25) is 9.59 Å². The molecule has 104 valence electrons. The number of phenols is 1. The molecule has 0 aliphatic carbocycles. The Kier molecular flexibility index (Phi) is 5.36. The third-order valence-electron chi connectivity index (χ3n) is 2.85. The van der Waals surface area contributed by atoms with Gasteiger partial charge in [-0.05, 0) is 31.0 Å². The summed E-state index contributed by atoms with van der Waals surface area (Å²) in [5.41, 5.74) is 1.10. The van der Waals surface area contributed by atoms with E-state index < -0.39 is 0 Å². The van der Waals surface area contributed by atoms with Gasteiger partial charge in [0.25, 0.3) is 5.91 Å². The molecule has 0 fully saturated rings. The Balaban J connectivity index is 2.91. The smallest absolute Gasteiger partial charge is 0.254 e. The molecule has 1 rings (SSSR count). The van der Waals surface area contributed by atoms with Crippen LogP contribution in [0.2, 0.25) is 0 Å². The predicted octanol–water partition coefficient (Wildman–Crippen LogP) is 1.30. The molecule has 0 saturated heterocycles. The quantitative estimate of drug-likeness (QED) is 0.842. The summed E-state index contributed by atoms with van der Waals surface area (Å²) in [4.78, 5) is 25.2. The summed E-state index contributed by atoms with van der Waals surface area (Å²) in [6.45, 7) is 4.23. The Bertz CT molecular complexity index is 472. The van der Waals surface area contributed by atoms with Crippen LogP contribution in [-0.4, -0.2) is 42.0 Å². The SMILES string of the molecule is CCCN(CC(=O)NC)C(=O)c1ccc(C)c(O)c1. The lowest BCUT2D eigenvalue weighted by atomic mass is 10.1. The van der Waals surface area contributed by atoms with Crippen molar-refractivity contribution in [2.45, 2.75) is 20.3 Å². The number of aromatic hydroxyl groups is 1. The molecule has 0 atom stereocenters. The van der Waals surface area contributed by atoms with Crippen molar-refractivity contribution in [2.24, 2.45) is 0 Å². The number of likely N-dealkylation sites (N-methyl/N-ethyl adjacent to an activating group) is 1. The van der Waals surface area contributed by atoms with E-state index in [0.717, 1.165) is 6.42 Å². The minimum Gasteiger partial charge on any atom is -0.508 e. The number of carbonyl (C=O) groups excluding carboxylic acids is 2. The summed E-state index contributed by atoms with van der Waals surface area (Å²) < 4.78 is 0. The summed E-state index contributed by atoms with van der Waals surface area (Å²) in [5, 5.41) is 12.1. The Morgan fingerprint density at radius 2 is 2.05 bits per heavy atom. The standard InChI is InChI=1S/C14H20N2O3/c1-4-7-16(9-13(18)15-3)14(19)11-6-5-10(2)12(17)8-11/h5-6,8,17H,4,7,9H2,1-3H3,(H,15,18). The highest BCUT2D eigenvalue weighted by atomic mass is 16.3. The highest BCUT2D eigenvalue weighted by molar-refractivity contribution is 5.96. The van der Waals surface area contributed by atoms with Crippen molar-refractivity contribution < 1.29 is 14.7 Å². The Morgan fingerprint density at radius 1 is 1.37 bits per heavy atom. The number of aryl methyl sites for hydroxylation is 1. The van der Waals surface area contributed by atoms with Gasteiger partial charge < -0.3 is 15.3 Å². The highest BCUT2D eigenvalue weighted by Crippen LogP contribution is 2.18. The van der Waals surface area contributed by atoms with Crippen LogP contribution in [0.4, 0.5) is 0 Å². The summed E-state index contributed by atoms with van der Waals surface area (Å²) in [7, 11) is 1.54. The van der Waals surface area contributed by atoms with E-state index in [1.54, 1.807) is 19.1 Å². The van der Waals surface area contributed by atoms with Gasteiger partial charge in [-0.2, -0.15) is 0 Å². The lowest BCUT2D eigenvalue weighted by Crippen LogP contribution is -2.40. The number of amides is 2. The molecule has 0 radical (unpaired) electrons. The molecule has 2 amide bonds. The molecule has 0 heterocycles. The topological polar surface area (TPSA) is 69.6 Å². The molecule has 1 aromatic rings. The molecule has 0 aromatic heterocycles. The zero-order chi connectivity index (χ0) is 14.4. The number of nitrogens with zero attached hydrogens (tertiary/aromatic N) is 1. The Labute approximate surface area is 113 Å².